The number of hydrogen-bond donors (Lipinski definition) is 1. The zero-order chi connectivity index (χ0) is 9.26. The van der Waals surface area contributed by atoms with Crippen molar-refractivity contribution in [3.63, 3.8) is 0 Å². The first-order valence-electron chi connectivity index (χ1n) is 4.32. The average molecular weight is 262 g/mol. The van der Waals surface area contributed by atoms with Crippen molar-refractivity contribution in [1.82, 2.24) is 10.3 Å². The Morgan fingerprint density at radius 2 is 2.46 bits per heavy atom. The van der Waals surface area contributed by atoms with Gasteiger partial charge in [0, 0.05) is 12.2 Å². The Balaban J connectivity index is 2.33. The van der Waals surface area contributed by atoms with Gasteiger partial charge >= 0.3 is 0 Å². The van der Waals surface area contributed by atoms with E-state index in [1.54, 1.807) is 6.20 Å². The van der Waals surface area contributed by atoms with Crippen LogP contribution in [-0.2, 0) is 0 Å². The van der Waals surface area contributed by atoms with Crippen LogP contribution in [0.5, 0.6) is 0 Å². The van der Waals surface area contributed by atoms with E-state index in [-0.39, 0.29) is 0 Å². The predicted molar refractivity (Wildman–Crippen MR) is 56.9 cm³/mol. The van der Waals surface area contributed by atoms with Crippen LogP contribution < -0.4 is 5.32 Å². The lowest BCUT2D eigenvalue weighted by atomic mass is 10.1. The summed E-state index contributed by atoms with van der Waals surface area (Å²) in [5.74, 6) is 0. The van der Waals surface area contributed by atoms with Crippen LogP contribution in [0.15, 0.2) is 16.7 Å². The molecule has 0 aromatic carbocycles. The smallest absolute Gasteiger partial charge is 0.143 e. The molecule has 0 aliphatic carbocycles. The Hall–Kier alpha value is -0.120. The van der Waals surface area contributed by atoms with E-state index in [4.69, 9.17) is 11.6 Å². The summed E-state index contributed by atoms with van der Waals surface area (Å²) in [6.45, 7) is 1.09. The molecule has 1 N–H and O–H groups in total. The predicted octanol–water partition coefficient (Wildman–Crippen LogP) is 2.92. The van der Waals surface area contributed by atoms with Crippen molar-refractivity contribution in [2.75, 3.05) is 6.54 Å². The highest BCUT2D eigenvalue weighted by Crippen LogP contribution is 2.32. The average Bonchev–Trinajstić information content (AvgIpc) is 2.62. The summed E-state index contributed by atoms with van der Waals surface area (Å²) in [4.78, 5) is 4.00. The fourth-order valence-corrected chi connectivity index (χ4v) is 2.33. The SMILES string of the molecule is Clc1nccc(C2CCCN2)c1Br. The van der Waals surface area contributed by atoms with Gasteiger partial charge in [-0.05, 0) is 46.9 Å². The molecule has 2 nitrogen and oxygen atoms in total. The first-order valence-corrected chi connectivity index (χ1v) is 5.49. The third kappa shape index (κ3) is 1.87. The highest BCUT2D eigenvalue weighted by Gasteiger charge is 2.19. The van der Waals surface area contributed by atoms with E-state index in [1.165, 1.54) is 18.4 Å². The Morgan fingerprint density at radius 3 is 3.15 bits per heavy atom. The fourth-order valence-electron chi connectivity index (χ4n) is 1.65. The second-order valence-electron chi connectivity index (χ2n) is 3.15. The Kier molecular flexibility index (Phi) is 2.86. The summed E-state index contributed by atoms with van der Waals surface area (Å²) >= 11 is 9.36. The van der Waals surface area contributed by atoms with Crippen molar-refractivity contribution in [1.29, 1.82) is 0 Å². The van der Waals surface area contributed by atoms with Crippen molar-refractivity contribution in [2.24, 2.45) is 0 Å². The zero-order valence-corrected chi connectivity index (χ0v) is 9.40. The molecule has 0 radical (unpaired) electrons. The minimum Gasteiger partial charge on any atom is -0.310 e. The molecule has 0 bridgehead atoms. The van der Waals surface area contributed by atoms with Crippen molar-refractivity contribution in [3.8, 4) is 0 Å². The van der Waals surface area contributed by atoms with Crippen molar-refractivity contribution >= 4 is 27.5 Å². The number of nitrogens with one attached hydrogen (secondary N) is 1. The largest absolute Gasteiger partial charge is 0.310 e. The quantitative estimate of drug-likeness (QED) is 0.786. The van der Waals surface area contributed by atoms with Gasteiger partial charge in [0.1, 0.15) is 5.15 Å². The standard InChI is InChI=1S/C9H10BrClN2/c10-8-6(3-5-13-9(8)11)7-2-1-4-12-7/h3,5,7,12H,1-2,4H2. The highest BCUT2D eigenvalue weighted by molar-refractivity contribution is 9.10. The molecule has 1 aromatic heterocycles. The van der Waals surface area contributed by atoms with Crippen molar-refractivity contribution < 1.29 is 0 Å². The molecule has 1 atom stereocenters. The van der Waals surface area contributed by atoms with E-state index in [9.17, 15) is 0 Å². The molecule has 1 aromatic rings. The van der Waals surface area contributed by atoms with Crippen LogP contribution in [0.1, 0.15) is 24.4 Å². The van der Waals surface area contributed by atoms with Crippen molar-refractivity contribution in [3.05, 3.63) is 27.5 Å². The lowest BCUT2D eigenvalue weighted by Gasteiger charge is -2.12. The molecular formula is C9H10BrClN2. The van der Waals surface area contributed by atoms with Gasteiger partial charge in [-0.2, -0.15) is 0 Å². The van der Waals surface area contributed by atoms with Gasteiger partial charge in [0.05, 0.1) is 4.47 Å². The summed E-state index contributed by atoms with van der Waals surface area (Å²) in [6.07, 6.45) is 4.17. The maximum Gasteiger partial charge on any atom is 0.143 e. The summed E-state index contributed by atoms with van der Waals surface area (Å²) in [5.41, 5.74) is 1.22. The van der Waals surface area contributed by atoms with Crippen molar-refractivity contribution in [2.45, 2.75) is 18.9 Å². The second kappa shape index (κ2) is 3.95. The monoisotopic (exact) mass is 260 g/mol. The van der Waals surface area contributed by atoms with Crippen LogP contribution in [0.25, 0.3) is 0 Å². The number of aromatic nitrogens is 1. The first kappa shape index (κ1) is 9.44. The summed E-state index contributed by atoms with van der Waals surface area (Å²) in [7, 11) is 0. The molecular weight excluding hydrogens is 251 g/mol. The number of pyridine rings is 1. The molecule has 0 amide bonds. The van der Waals surface area contributed by atoms with E-state index in [1.807, 2.05) is 6.07 Å². The molecule has 0 spiro atoms. The maximum atomic E-state index is 5.91. The van der Waals surface area contributed by atoms with Crippen LogP contribution in [0.2, 0.25) is 5.15 Å². The minimum absolute atomic E-state index is 0.440. The molecule has 70 valence electrons. The highest BCUT2D eigenvalue weighted by atomic mass is 79.9. The molecule has 1 aliphatic rings. The minimum atomic E-state index is 0.440. The van der Waals surface area contributed by atoms with Gasteiger partial charge in [-0.25, -0.2) is 4.98 Å². The van der Waals surface area contributed by atoms with Crippen LogP contribution in [0.4, 0.5) is 0 Å². The summed E-state index contributed by atoms with van der Waals surface area (Å²) < 4.78 is 0.927. The van der Waals surface area contributed by atoms with Gasteiger partial charge in [0.2, 0.25) is 0 Å². The fraction of sp³-hybridized carbons (Fsp3) is 0.444. The van der Waals surface area contributed by atoms with E-state index in [2.05, 4.69) is 26.2 Å². The van der Waals surface area contributed by atoms with E-state index < -0.39 is 0 Å². The maximum absolute atomic E-state index is 5.91. The van der Waals surface area contributed by atoms with Gasteiger partial charge in [-0.15, -0.1) is 0 Å². The Labute approximate surface area is 90.8 Å². The topological polar surface area (TPSA) is 24.9 Å². The van der Waals surface area contributed by atoms with Gasteiger partial charge in [-0.1, -0.05) is 11.6 Å². The van der Waals surface area contributed by atoms with E-state index in [0.29, 0.717) is 11.2 Å². The molecule has 1 saturated heterocycles. The normalized spacial score (nSPS) is 22.2. The molecule has 0 saturated carbocycles. The molecule has 1 unspecified atom stereocenters. The molecule has 1 aliphatic heterocycles. The third-order valence-corrected chi connectivity index (χ3v) is 3.66. The number of halogens is 2. The van der Waals surface area contributed by atoms with Crippen LogP contribution in [0.3, 0.4) is 0 Å². The zero-order valence-electron chi connectivity index (χ0n) is 7.06. The van der Waals surface area contributed by atoms with E-state index in [0.717, 1.165) is 11.0 Å². The van der Waals surface area contributed by atoms with Gasteiger partial charge in [0.25, 0.3) is 0 Å². The second-order valence-corrected chi connectivity index (χ2v) is 4.30. The molecule has 4 heteroatoms. The molecule has 13 heavy (non-hydrogen) atoms. The lowest BCUT2D eigenvalue weighted by Crippen LogP contribution is -2.13. The Bertz CT molecular complexity index is 310. The van der Waals surface area contributed by atoms with Gasteiger partial charge in [-0.3, -0.25) is 0 Å². The number of rotatable bonds is 1. The lowest BCUT2D eigenvalue weighted by molar-refractivity contribution is 0.644. The first-order chi connectivity index (χ1) is 6.29. The Morgan fingerprint density at radius 1 is 1.62 bits per heavy atom. The van der Waals surface area contributed by atoms with Gasteiger partial charge in [0.15, 0.2) is 0 Å². The van der Waals surface area contributed by atoms with Crippen LogP contribution in [0, 0.1) is 0 Å². The van der Waals surface area contributed by atoms with E-state index >= 15 is 0 Å². The molecule has 1 fully saturated rings. The third-order valence-electron chi connectivity index (χ3n) is 2.31. The number of hydrogen-bond acceptors (Lipinski definition) is 2. The van der Waals surface area contributed by atoms with Gasteiger partial charge < -0.3 is 5.32 Å². The summed E-state index contributed by atoms with van der Waals surface area (Å²) in [6, 6.07) is 2.45. The number of nitrogens with zero attached hydrogens (tertiary/aromatic N) is 1. The molecule has 2 rings (SSSR count). The molecule has 2 heterocycles. The van der Waals surface area contributed by atoms with Crippen LogP contribution in [-0.4, -0.2) is 11.5 Å². The summed E-state index contributed by atoms with van der Waals surface area (Å²) in [5, 5.41) is 3.97. The van der Waals surface area contributed by atoms with Crippen LogP contribution >= 0.6 is 27.5 Å².